The monoisotopic (exact) mass is 336 g/mol. The number of furan rings is 1. The van der Waals surface area contributed by atoms with Gasteiger partial charge in [0.2, 0.25) is 15.9 Å². The van der Waals surface area contributed by atoms with Gasteiger partial charge in [-0.15, -0.1) is 0 Å². The molecule has 6 nitrogen and oxygen atoms in total. The number of hydrogen-bond acceptors (Lipinski definition) is 4. The average molecular weight is 336 g/mol. The van der Waals surface area contributed by atoms with Gasteiger partial charge in [0.05, 0.1) is 12.3 Å². The first kappa shape index (κ1) is 16.0. The minimum absolute atomic E-state index is 0.277. The van der Waals surface area contributed by atoms with E-state index < -0.39 is 16.1 Å². The van der Waals surface area contributed by atoms with E-state index in [1.54, 1.807) is 0 Å². The van der Waals surface area contributed by atoms with Crippen LogP contribution in [0.1, 0.15) is 31.6 Å². The standard InChI is InChI=1S/C16H20N2O4S/c1-11(15-10-12-6-3-4-8-14(12)22-15)17-16(19)13-7-5-9-18(13)23(2,20)21/h3-4,6,8,10-11,13H,5,7,9H2,1-2H3,(H,17,19)/t11-,13+/m0/s1. The van der Waals surface area contributed by atoms with Gasteiger partial charge in [-0.3, -0.25) is 4.79 Å². The summed E-state index contributed by atoms with van der Waals surface area (Å²) in [6.07, 6.45) is 2.39. The van der Waals surface area contributed by atoms with Crippen LogP contribution in [0.15, 0.2) is 34.7 Å². The Morgan fingerprint density at radius 3 is 2.83 bits per heavy atom. The zero-order chi connectivity index (χ0) is 16.6. The second-order valence-corrected chi connectivity index (χ2v) is 7.88. The fourth-order valence-electron chi connectivity index (χ4n) is 3.00. The van der Waals surface area contributed by atoms with E-state index in [4.69, 9.17) is 4.42 Å². The van der Waals surface area contributed by atoms with Crippen molar-refractivity contribution in [3.63, 3.8) is 0 Å². The summed E-state index contributed by atoms with van der Waals surface area (Å²) in [5, 5.41) is 3.84. The molecule has 1 saturated heterocycles. The molecule has 1 aromatic heterocycles. The molecule has 23 heavy (non-hydrogen) atoms. The molecule has 1 aromatic carbocycles. The van der Waals surface area contributed by atoms with Crippen molar-refractivity contribution >= 4 is 26.9 Å². The van der Waals surface area contributed by atoms with E-state index >= 15 is 0 Å². The van der Waals surface area contributed by atoms with E-state index in [1.807, 2.05) is 37.3 Å². The van der Waals surface area contributed by atoms with E-state index in [9.17, 15) is 13.2 Å². The van der Waals surface area contributed by atoms with Crippen LogP contribution in [0.25, 0.3) is 11.0 Å². The minimum atomic E-state index is -3.37. The first-order valence-electron chi connectivity index (χ1n) is 7.62. The van der Waals surface area contributed by atoms with E-state index in [0.717, 1.165) is 17.2 Å². The van der Waals surface area contributed by atoms with Crippen molar-refractivity contribution in [1.82, 2.24) is 9.62 Å². The number of amides is 1. The highest BCUT2D eigenvalue weighted by Gasteiger charge is 2.37. The van der Waals surface area contributed by atoms with Crippen molar-refractivity contribution in [3.05, 3.63) is 36.1 Å². The number of carbonyl (C=O) groups excluding carboxylic acids is 1. The summed E-state index contributed by atoms with van der Waals surface area (Å²) >= 11 is 0. The fourth-order valence-corrected chi connectivity index (χ4v) is 4.12. The predicted molar refractivity (Wildman–Crippen MR) is 87.3 cm³/mol. The van der Waals surface area contributed by atoms with Gasteiger partial charge in [0, 0.05) is 11.9 Å². The first-order chi connectivity index (χ1) is 10.9. The number of fused-ring (bicyclic) bond motifs is 1. The van der Waals surface area contributed by atoms with Gasteiger partial charge in [-0.1, -0.05) is 18.2 Å². The Hall–Kier alpha value is -1.86. The second-order valence-electron chi connectivity index (χ2n) is 5.95. The van der Waals surface area contributed by atoms with Gasteiger partial charge in [-0.25, -0.2) is 8.42 Å². The predicted octanol–water partition coefficient (Wildman–Crippen LogP) is 2.03. The van der Waals surface area contributed by atoms with Gasteiger partial charge in [0.25, 0.3) is 0 Å². The Bertz CT molecular complexity index is 794. The normalized spacial score (nSPS) is 20.7. The Morgan fingerprint density at radius 1 is 1.39 bits per heavy atom. The number of rotatable bonds is 4. The third kappa shape index (κ3) is 3.25. The lowest BCUT2D eigenvalue weighted by molar-refractivity contribution is -0.125. The molecule has 7 heteroatoms. The number of benzene rings is 1. The molecule has 0 saturated carbocycles. The van der Waals surface area contributed by atoms with Crippen LogP contribution in [0.2, 0.25) is 0 Å². The van der Waals surface area contributed by atoms with E-state index in [-0.39, 0.29) is 11.9 Å². The lowest BCUT2D eigenvalue weighted by Gasteiger charge is -2.22. The zero-order valence-electron chi connectivity index (χ0n) is 13.2. The molecule has 1 aliphatic heterocycles. The van der Waals surface area contributed by atoms with Crippen molar-refractivity contribution in [1.29, 1.82) is 0 Å². The molecular formula is C16H20N2O4S. The Labute approximate surface area is 135 Å². The highest BCUT2D eigenvalue weighted by Crippen LogP contribution is 2.25. The molecule has 1 amide bonds. The van der Waals surface area contributed by atoms with E-state index in [0.29, 0.717) is 25.1 Å². The van der Waals surface area contributed by atoms with Crippen LogP contribution in [-0.4, -0.2) is 37.5 Å². The van der Waals surface area contributed by atoms with Crippen LogP contribution in [-0.2, 0) is 14.8 Å². The molecule has 0 aliphatic carbocycles. The van der Waals surface area contributed by atoms with Crippen molar-refractivity contribution in [2.24, 2.45) is 0 Å². The number of nitrogens with zero attached hydrogens (tertiary/aromatic N) is 1. The van der Waals surface area contributed by atoms with Crippen molar-refractivity contribution in [3.8, 4) is 0 Å². The Kier molecular flexibility index (Phi) is 4.16. The SMILES string of the molecule is C[C@H](NC(=O)[C@H]1CCCN1S(C)(=O)=O)c1cc2ccccc2o1. The smallest absolute Gasteiger partial charge is 0.239 e. The van der Waals surface area contributed by atoms with Gasteiger partial charge in [0.15, 0.2) is 0 Å². The molecule has 0 spiro atoms. The van der Waals surface area contributed by atoms with Crippen molar-refractivity contribution in [2.45, 2.75) is 31.8 Å². The number of carbonyl (C=O) groups is 1. The van der Waals surface area contributed by atoms with Crippen LogP contribution < -0.4 is 5.32 Å². The first-order valence-corrected chi connectivity index (χ1v) is 9.47. The molecule has 124 valence electrons. The summed E-state index contributed by atoms with van der Waals surface area (Å²) in [7, 11) is -3.37. The highest BCUT2D eigenvalue weighted by atomic mass is 32.2. The lowest BCUT2D eigenvalue weighted by Crippen LogP contribution is -2.46. The number of hydrogen-bond donors (Lipinski definition) is 1. The number of para-hydroxylation sites is 1. The molecule has 0 unspecified atom stereocenters. The van der Waals surface area contributed by atoms with Gasteiger partial charge in [-0.2, -0.15) is 4.31 Å². The molecule has 1 N–H and O–H groups in total. The van der Waals surface area contributed by atoms with E-state index in [2.05, 4.69) is 5.32 Å². The van der Waals surface area contributed by atoms with Crippen LogP contribution in [0.4, 0.5) is 0 Å². The molecule has 3 rings (SSSR count). The molecule has 1 fully saturated rings. The quantitative estimate of drug-likeness (QED) is 0.926. The minimum Gasteiger partial charge on any atom is -0.459 e. The molecule has 0 bridgehead atoms. The molecular weight excluding hydrogens is 316 g/mol. The van der Waals surface area contributed by atoms with Gasteiger partial charge in [-0.05, 0) is 31.9 Å². The Morgan fingerprint density at radius 2 is 2.13 bits per heavy atom. The van der Waals surface area contributed by atoms with Gasteiger partial charge < -0.3 is 9.73 Å². The molecule has 0 radical (unpaired) electrons. The van der Waals surface area contributed by atoms with Crippen LogP contribution in [0, 0.1) is 0 Å². The van der Waals surface area contributed by atoms with Crippen LogP contribution in [0.5, 0.6) is 0 Å². The molecule has 2 heterocycles. The van der Waals surface area contributed by atoms with Gasteiger partial charge >= 0.3 is 0 Å². The summed E-state index contributed by atoms with van der Waals surface area (Å²) in [5.41, 5.74) is 0.766. The summed E-state index contributed by atoms with van der Waals surface area (Å²) in [6.45, 7) is 2.23. The second kappa shape index (κ2) is 5.98. The van der Waals surface area contributed by atoms with Crippen LogP contribution in [0.3, 0.4) is 0 Å². The average Bonchev–Trinajstić information content (AvgIpc) is 3.13. The third-order valence-electron chi connectivity index (χ3n) is 4.16. The lowest BCUT2D eigenvalue weighted by atomic mass is 10.2. The maximum atomic E-state index is 12.4. The number of sulfonamides is 1. The zero-order valence-corrected chi connectivity index (χ0v) is 14.0. The topological polar surface area (TPSA) is 79.6 Å². The fraction of sp³-hybridized carbons (Fsp3) is 0.438. The largest absolute Gasteiger partial charge is 0.459 e. The Balaban J connectivity index is 1.74. The third-order valence-corrected chi connectivity index (χ3v) is 5.45. The maximum Gasteiger partial charge on any atom is 0.239 e. The highest BCUT2D eigenvalue weighted by molar-refractivity contribution is 7.88. The van der Waals surface area contributed by atoms with Gasteiger partial charge in [0.1, 0.15) is 17.4 Å². The summed E-state index contributed by atoms with van der Waals surface area (Å²) in [5.74, 6) is 0.379. The van der Waals surface area contributed by atoms with Crippen molar-refractivity contribution < 1.29 is 17.6 Å². The molecule has 1 aliphatic rings. The van der Waals surface area contributed by atoms with E-state index in [1.165, 1.54) is 4.31 Å². The maximum absolute atomic E-state index is 12.4. The summed E-state index contributed by atoms with van der Waals surface area (Å²) in [6, 6.07) is 8.57. The summed E-state index contributed by atoms with van der Waals surface area (Å²) < 4.78 is 30.5. The van der Waals surface area contributed by atoms with Crippen molar-refractivity contribution in [2.75, 3.05) is 12.8 Å². The summed E-state index contributed by atoms with van der Waals surface area (Å²) in [4.78, 5) is 12.4. The molecule has 2 aromatic rings. The number of nitrogens with one attached hydrogen (secondary N) is 1. The van der Waals surface area contributed by atoms with Crippen LogP contribution >= 0.6 is 0 Å². The molecule has 2 atom stereocenters.